The van der Waals surface area contributed by atoms with Crippen molar-refractivity contribution in [2.24, 2.45) is 0 Å². The van der Waals surface area contributed by atoms with Crippen molar-refractivity contribution < 1.29 is 9.32 Å². The highest BCUT2D eigenvalue weighted by molar-refractivity contribution is 6.03. The Hall–Kier alpha value is -2.95. The van der Waals surface area contributed by atoms with E-state index in [4.69, 9.17) is 4.52 Å². The molecule has 5 nitrogen and oxygen atoms in total. The molecule has 0 radical (unpaired) electrons. The molecule has 1 amide bonds. The molecule has 0 saturated heterocycles. The molecule has 1 N–H and O–H groups in total. The average Bonchev–Trinajstić information content (AvgIpc) is 3.06. The smallest absolute Gasteiger partial charge is 0.277 e. The Balaban J connectivity index is 1.81. The summed E-state index contributed by atoms with van der Waals surface area (Å²) in [6.45, 7) is 4.17. The number of nitrogens with one attached hydrogen (secondary N) is 1. The van der Waals surface area contributed by atoms with Crippen LogP contribution in [0.3, 0.4) is 0 Å². The summed E-state index contributed by atoms with van der Waals surface area (Å²) in [5.41, 5.74) is 2.89. The topological polar surface area (TPSA) is 68.0 Å². The van der Waals surface area contributed by atoms with Crippen molar-refractivity contribution in [1.29, 1.82) is 0 Å². The van der Waals surface area contributed by atoms with E-state index in [1.165, 1.54) is 0 Å². The van der Waals surface area contributed by atoms with Crippen molar-refractivity contribution in [3.8, 4) is 11.3 Å². The number of hydrogen-bond donors (Lipinski definition) is 1. The van der Waals surface area contributed by atoms with E-state index in [-0.39, 0.29) is 11.6 Å². The lowest BCUT2D eigenvalue weighted by molar-refractivity contribution is 0.101. The van der Waals surface area contributed by atoms with E-state index in [1.54, 1.807) is 24.5 Å². The van der Waals surface area contributed by atoms with Gasteiger partial charge in [-0.25, -0.2) is 0 Å². The minimum atomic E-state index is -0.294. The van der Waals surface area contributed by atoms with Crippen LogP contribution >= 0.6 is 0 Å². The maximum absolute atomic E-state index is 12.4. The van der Waals surface area contributed by atoms with E-state index in [0.29, 0.717) is 11.7 Å². The second-order valence-corrected chi connectivity index (χ2v) is 5.51. The number of benzene rings is 1. The van der Waals surface area contributed by atoms with Crippen molar-refractivity contribution in [1.82, 2.24) is 10.1 Å². The molecule has 0 atom stereocenters. The molecule has 0 aliphatic heterocycles. The van der Waals surface area contributed by atoms with E-state index in [2.05, 4.69) is 29.3 Å². The quantitative estimate of drug-likeness (QED) is 0.787. The van der Waals surface area contributed by atoms with Gasteiger partial charge in [0.2, 0.25) is 0 Å². The van der Waals surface area contributed by atoms with Crippen LogP contribution in [0.4, 0.5) is 5.69 Å². The molecule has 116 valence electrons. The van der Waals surface area contributed by atoms with Crippen molar-refractivity contribution in [3.63, 3.8) is 0 Å². The van der Waals surface area contributed by atoms with Crippen LogP contribution in [-0.2, 0) is 0 Å². The van der Waals surface area contributed by atoms with E-state index in [1.807, 2.05) is 30.3 Å². The third kappa shape index (κ3) is 3.29. The monoisotopic (exact) mass is 307 g/mol. The fourth-order valence-electron chi connectivity index (χ4n) is 2.33. The SMILES string of the molecule is CC(C)c1ccccc1NC(=O)c1cc(-c2cccnc2)on1. The van der Waals surface area contributed by atoms with Gasteiger partial charge in [0.1, 0.15) is 0 Å². The first kappa shape index (κ1) is 15.0. The van der Waals surface area contributed by atoms with E-state index < -0.39 is 0 Å². The number of aromatic nitrogens is 2. The highest BCUT2D eigenvalue weighted by Gasteiger charge is 2.16. The molecule has 5 heteroatoms. The summed E-state index contributed by atoms with van der Waals surface area (Å²) < 4.78 is 5.24. The first-order valence-corrected chi connectivity index (χ1v) is 7.42. The Morgan fingerprint density at radius 1 is 1.17 bits per heavy atom. The van der Waals surface area contributed by atoms with Gasteiger partial charge in [0.15, 0.2) is 11.5 Å². The van der Waals surface area contributed by atoms with Crippen molar-refractivity contribution in [2.45, 2.75) is 19.8 Å². The average molecular weight is 307 g/mol. The van der Waals surface area contributed by atoms with Gasteiger partial charge in [-0.2, -0.15) is 0 Å². The lowest BCUT2D eigenvalue weighted by Gasteiger charge is -2.12. The van der Waals surface area contributed by atoms with Gasteiger partial charge in [-0.3, -0.25) is 9.78 Å². The minimum absolute atomic E-state index is 0.238. The van der Waals surface area contributed by atoms with Crippen LogP contribution in [-0.4, -0.2) is 16.0 Å². The van der Waals surface area contributed by atoms with Gasteiger partial charge in [0.05, 0.1) is 0 Å². The highest BCUT2D eigenvalue weighted by atomic mass is 16.5. The maximum Gasteiger partial charge on any atom is 0.277 e. The fraction of sp³-hybridized carbons (Fsp3) is 0.167. The van der Waals surface area contributed by atoms with Gasteiger partial charge >= 0.3 is 0 Å². The molecular weight excluding hydrogens is 290 g/mol. The number of pyridine rings is 1. The number of anilines is 1. The number of para-hydroxylation sites is 1. The zero-order chi connectivity index (χ0) is 16.2. The number of amides is 1. The summed E-state index contributed by atoms with van der Waals surface area (Å²) in [5.74, 6) is 0.534. The lowest BCUT2D eigenvalue weighted by Crippen LogP contribution is -2.13. The zero-order valence-electron chi connectivity index (χ0n) is 13.0. The largest absolute Gasteiger partial charge is 0.355 e. The van der Waals surface area contributed by atoms with Crippen LogP contribution in [0, 0.1) is 0 Å². The number of hydrogen-bond acceptors (Lipinski definition) is 4. The number of nitrogens with zero attached hydrogens (tertiary/aromatic N) is 2. The Kier molecular flexibility index (Phi) is 4.19. The summed E-state index contributed by atoms with van der Waals surface area (Å²) in [6.07, 6.45) is 3.34. The molecule has 1 aromatic carbocycles. The third-order valence-electron chi connectivity index (χ3n) is 3.52. The minimum Gasteiger partial charge on any atom is -0.355 e. The maximum atomic E-state index is 12.4. The highest BCUT2D eigenvalue weighted by Crippen LogP contribution is 2.25. The van der Waals surface area contributed by atoms with Crippen LogP contribution in [0.25, 0.3) is 11.3 Å². The normalized spacial score (nSPS) is 10.7. The Bertz CT molecular complexity index is 810. The second kappa shape index (κ2) is 6.44. The molecule has 3 aromatic rings. The van der Waals surface area contributed by atoms with Crippen molar-refractivity contribution in [2.75, 3.05) is 5.32 Å². The molecule has 0 unspecified atom stereocenters. The zero-order valence-corrected chi connectivity index (χ0v) is 13.0. The Morgan fingerprint density at radius 2 is 2.00 bits per heavy atom. The lowest BCUT2D eigenvalue weighted by atomic mass is 10.0. The van der Waals surface area contributed by atoms with Crippen LogP contribution in [0.5, 0.6) is 0 Å². The summed E-state index contributed by atoms with van der Waals surface area (Å²) in [5, 5.41) is 6.74. The van der Waals surface area contributed by atoms with Crippen LogP contribution in [0.15, 0.2) is 59.4 Å². The van der Waals surface area contributed by atoms with Gasteiger partial charge < -0.3 is 9.84 Å². The van der Waals surface area contributed by atoms with Crippen LogP contribution in [0.2, 0.25) is 0 Å². The molecular formula is C18H17N3O2. The number of carbonyl (C=O) groups is 1. The summed E-state index contributed by atoms with van der Waals surface area (Å²) in [4.78, 5) is 16.4. The van der Waals surface area contributed by atoms with Gasteiger partial charge in [-0.1, -0.05) is 37.2 Å². The number of carbonyl (C=O) groups excluding carboxylic acids is 1. The van der Waals surface area contributed by atoms with Crippen LogP contribution < -0.4 is 5.32 Å². The molecule has 0 aliphatic rings. The molecule has 0 saturated carbocycles. The number of rotatable bonds is 4. The van der Waals surface area contributed by atoms with Gasteiger partial charge in [0, 0.05) is 29.7 Å². The van der Waals surface area contributed by atoms with Crippen LogP contribution in [0.1, 0.15) is 35.8 Å². The van der Waals surface area contributed by atoms with Crippen molar-refractivity contribution in [3.05, 3.63) is 66.1 Å². The summed E-state index contributed by atoms with van der Waals surface area (Å²) in [7, 11) is 0. The predicted octanol–water partition coefficient (Wildman–Crippen LogP) is 4.11. The van der Waals surface area contributed by atoms with Crippen molar-refractivity contribution >= 4 is 11.6 Å². The third-order valence-corrected chi connectivity index (χ3v) is 3.52. The first-order chi connectivity index (χ1) is 11.1. The summed E-state index contributed by atoms with van der Waals surface area (Å²) >= 11 is 0. The van der Waals surface area contributed by atoms with E-state index in [9.17, 15) is 4.79 Å². The molecule has 2 aromatic heterocycles. The molecule has 0 fully saturated rings. The predicted molar refractivity (Wildman–Crippen MR) is 88.2 cm³/mol. The standard InChI is InChI=1S/C18H17N3O2/c1-12(2)14-7-3-4-8-15(14)20-18(22)16-10-17(23-21-16)13-6-5-9-19-11-13/h3-12H,1-2H3,(H,20,22). The molecule has 0 bridgehead atoms. The molecule has 2 heterocycles. The Labute approximate surface area is 134 Å². The van der Waals surface area contributed by atoms with E-state index in [0.717, 1.165) is 16.8 Å². The van der Waals surface area contributed by atoms with Gasteiger partial charge in [0.25, 0.3) is 5.91 Å². The van der Waals surface area contributed by atoms with Gasteiger partial charge in [-0.05, 0) is 29.7 Å². The molecule has 3 rings (SSSR count). The summed E-state index contributed by atoms with van der Waals surface area (Å²) in [6, 6.07) is 13.0. The first-order valence-electron chi connectivity index (χ1n) is 7.42. The molecule has 23 heavy (non-hydrogen) atoms. The fourth-order valence-corrected chi connectivity index (χ4v) is 2.33. The van der Waals surface area contributed by atoms with Gasteiger partial charge in [-0.15, -0.1) is 0 Å². The molecule has 0 aliphatic carbocycles. The second-order valence-electron chi connectivity index (χ2n) is 5.51. The molecule has 0 spiro atoms. The van der Waals surface area contributed by atoms with E-state index >= 15 is 0 Å². The Morgan fingerprint density at radius 3 is 2.74 bits per heavy atom.